The Morgan fingerprint density at radius 2 is 2.03 bits per heavy atom. The molecule has 2 heterocycles. The van der Waals surface area contributed by atoms with Crippen molar-refractivity contribution < 1.29 is 9.72 Å². The molecule has 1 amide bonds. The lowest BCUT2D eigenvalue weighted by molar-refractivity contribution is -0.384. The van der Waals surface area contributed by atoms with Gasteiger partial charge in [-0.05, 0) is 37.8 Å². The SMILES string of the molecule is CCc1cc(NC2CCC3NNC(C(N)=O)C3C2)nc(-c2ccc([N+](=O)[O-])cc2)n1. The van der Waals surface area contributed by atoms with E-state index in [1.807, 2.05) is 13.0 Å². The van der Waals surface area contributed by atoms with Crippen molar-refractivity contribution in [2.45, 2.75) is 50.7 Å². The minimum Gasteiger partial charge on any atom is -0.368 e. The molecule has 4 rings (SSSR count). The summed E-state index contributed by atoms with van der Waals surface area (Å²) in [5.41, 5.74) is 13.4. The lowest BCUT2D eigenvalue weighted by atomic mass is 9.79. The molecule has 0 bridgehead atoms. The predicted octanol–water partition coefficient (Wildman–Crippen LogP) is 1.53. The third-order valence-corrected chi connectivity index (χ3v) is 5.89. The van der Waals surface area contributed by atoms with Crippen molar-refractivity contribution in [1.82, 2.24) is 20.8 Å². The van der Waals surface area contributed by atoms with Crippen molar-refractivity contribution in [3.63, 3.8) is 0 Å². The third kappa shape index (κ3) is 4.10. The Kier molecular flexibility index (Phi) is 5.60. The van der Waals surface area contributed by atoms with E-state index in [-0.39, 0.29) is 35.6 Å². The third-order valence-electron chi connectivity index (χ3n) is 5.89. The van der Waals surface area contributed by atoms with Crippen LogP contribution in [-0.2, 0) is 11.2 Å². The topological polar surface area (TPSA) is 148 Å². The maximum atomic E-state index is 11.7. The van der Waals surface area contributed by atoms with Gasteiger partial charge in [0.25, 0.3) is 5.69 Å². The van der Waals surface area contributed by atoms with Crippen molar-refractivity contribution in [2.75, 3.05) is 5.32 Å². The molecule has 30 heavy (non-hydrogen) atoms. The number of hydrogen-bond donors (Lipinski definition) is 4. The van der Waals surface area contributed by atoms with Gasteiger partial charge < -0.3 is 11.1 Å². The van der Waals surface area contributed by atoms with E-state index in [4.69, 9.17) is 5.73 Å². The van der Waals surface area contributed by atoms with Gasteiger partial charge in [-0.15, -0.1) is 0 Å². The monoisotopic (exact) mass is 411 g/mol. The summed E-state index contributed by atoms with van der Waals surface area (Å²) in [7, 11) is 0. The molecule has 1 aliphatic heterocycles. The molecule has 5 N–H and O–H groups in total. The molecule has 0 spiro atoms. The molecular weight excluding hydrogens is 386 g/mol. The van der Waals surface area contributed by atoms with Gasteiger partial charge in [0.2, 0.25) is 5.91 Å². The summed E-state index contributed by atoms with van der Waals surface area (Å²) < 4.78 is 0. The highest BCUT2D eigenvalue weighted by atomic mass is 16.6. The molecule has 1 aliphatic carbocycles. The molecule has 0 radical (unpaired) electrons. The highest BCUT2D eigenvalue weighted by Crippen LogP contribution is 2.32. The van der Waals surface area contributed by atoms with Crippen LogP contribution in [0.4, 0.5) is 11.5 Å². The molecule has 10 nitrogen and oxygen atoms in total. The number of aryl methyl sites for hydroxylation is 1. The number of hydrazine groups is 1. The van der Waals surface area contributed by atoms with Crippen LogP contribution in [-0.4, -0.2) is 38.9 Å². The van der Waals surface area contributed by atoms with Crippen LogP contribution in [0, 0.1) is 16.0 Å². The molecule has 1 aromatic carbocycles. The number of nitrogens with one attached hydrogen (secondary N) is 3. The van der Waals surface area contributed by atoms with Gasteiger partial charge in [-0.3, -0.25) is 20.3 Å². The van der Waals surface area contributed by atoms with Crippen LogP contribution < -0.4 is 21.9 Å². The number of amides is 1. The highest BCUT2D eigenvalue weighted by molar-refractivity contribution is 5.80. The summed E-state index contributed by atoms with van der Waals surface area (Å²) >= 11 is 0. The molecule has 2 aromatic rings. The van der Waals surface area contributed by atoms with E-state index in [9.17, 15) is 14.9 Å². The minimum atomic E-state index is -0.428. The Labute approximate surface area is 173 Å². The predicted molar refractivity (Wildman–Crippen MR) is 111 cm³/mol. The molecular formula is C20H25N7O3. The van der Waals surface area contributed by atoms with Crippen molar-refractivity contribution in [3.8, 4) is 11.4 Å². The number of nitrogens with two attached hydrogens (primary N) is 1. The standard InChI is InChI=1S/C20H25N7O3/c1-2-12-10-17(24-20(23-12)11-3-6-14(7-4-11)27(29)30)22-13-5-8-16-15(9-13)18(19(21)28)26-25-16/h3-4,6-7,10,13,15-16,18,25-26H,2,5,8-9H2,1H3,(H2,21,28)(H,22,23,24). The molecule has 10 heteroatoms. The van der Waals surface area contributed by atoms with E-state index in [1.54, 1.807) is 12.1 Å². The van der Waals surface area contributed by atoms with Crippen LogP contribution >= 0.6 is 0 Å². The molecule has 2 fully saturated rings. The summed E-state index contributed by atoms with van der Waals surface area (Å²) in [6.45, 7) is 2.02. The number of fused-ring (bicyclic) bond motifs is 1. The normalized spacial score (nSPS) is 25.5. The van der Waals surface area contributed by atoms with Crippen molar-refractivity contribution in [2.24, 2.45) is 11.7 Å². The van der Waals surface area contributed by atoms with Gasteiger partial charge in [0, 0.05) is 47.5 Å². The van der Waals surface area contributed by atoms with Gasteiger partial charge in [0.1, 0.15) is 11.9 Å². The highest BCUT2D eigenvalue weighted by Gasteiger charge is 2.42. The Morgan fingerprint density at radius 1 is 1.27 bits per heavy atom. The number of carbonyl (C=O) groups is 1. The van der Waals surface area contributed by atoms with Crippen molar-refractivity contribution in [3.05, 3.63) is 46.1 Å². The fourth-order valence-electron chi connectivity index (χ4n) is 4.29. The first-order chi connectivity index (χ1) is 14.4. The lowest BCUT2D eigenvalue weighted by Crippen LogP contribution is -2.44. The summed E-state index contributed by atoms with van der Waals surface area (Å²) in [6, 6.07) is 8.20. The fourth-order valence-corrected chi connectivity index (χ4v) is 4.29. The number of anilines is 1. The Hall–Kier alpha value is -3.11. The number of benzene rings is 1. The second kappa shape index (κ2) is 8.33. The second-order valence-corrected chi connectivity index (χ2v) is 7.82. The largest absolute Gasteiger partial charge is 0.368 e. The average Bonchev–Trinajstić information content (AvgIpc) is 3.17. The second-order valence-electron chi connectivity index (χ2n) is 7.82. The van der Waals surface area contributed by atoms with Gasteiger partial charge in [-0.2, -0.15) is 0 Å². The fraction of sp³-hybridized carbons (Fsp3) is 0.450. The molecule has 1 saturated carbocycles. The summed E-state index contributed by atoms with van der Waals surface area (Å²) in [6.07, 6.45) is 3.42. The van der Waals surface area contributed by atoms with Crippen molar-refractivity contribution in [1.29, 1.82) is 0 Å². The van der Waals surface area contributed by atoms with E-state index >= 15 is 0 Å². The van der Waals surface area contributed by atoms with Crippen LogP contribution in [0.5, 0.6) is 0 Å². The Bertz CT molecular complexity index is 950. The molecule has 1 aromatic heterocycles. The first-order valence-corrected chi connectivity index (χ1v) is 10.1. The van der Waals surface area contributed by atoms with Gasteiger partial charge in [-0.1, -0.05) is 6.92 Å². The number of non-ortho nitro benzene ring substituents is 1. The van der Waals surface area contributed by atoms with Crippen LogP contribution in [0.15, 0.2) is 30.3 Å². The molecule has 2 aliphatic rings. The number of nitro benzene ring substituents is 1. The smallest absolute Gasteiger partial charge is 0.269 e. The number of nitro groups is 1. The number of carbonyl (C=O) groups excluding carboxylic acids is 1. The van der Waals surface area contributed by atoms with Crippen LogP contribution in [0.25, 0.3) is 11.4 Å². The molecule has 1 saturated heterocycles. The zero-order chi connectivity index (χ0) is 21.3. The van der Waals surface area contributed by atoms with Gasteiger partial charge >= 0.3 is 0 Å². The minimum absolute atomic E-state index is 0.0308. The van der Waals surface area contributed by atoms with E-state index < -0.39 is 4.92 Å². The van der Waals surface area contributed by atoms with E-state index in [0.29, 0.717) is 11.6 Å². The molecule has 4 unspecified atom stereocenters. The molecule has 4 atom stereocenters. The maximum absolute atomic E-state index is 11.7. The number of hydrogen-bond acceptors (Lipinski definition) is 8. The summed E-state index contributed by atoms with van der Waals surface area (Å²) in [4.78, 5) is 31.4. The van der Waals surface area contributed by atoms with Gasteiger partial charge in [-0.25, -0.2) is 15.4 Å². The number of primary amides is 1. The zero-order valence-electron chi connectivity index (χ0n) is 16.7. The summed E-state index contributed by atoms with van der Waals surface area (Å²) in [5, 5.41) is 14.4. The van der Waals surface area contributed by atoms with Gasteiger partial charge in [0.05, 0.1) is 4.92 Å². The van der Waals surface area contributed by atoms with Crippen LogP contribution in [0.2, 0.25) is 0 Å². The zero-order valence-corrected chi connectivity index (χ0v) is 16.7. The Balaban J connectivity index is 1.53. The van der Waals surface area contributed by atoms with Crippen molar-refractivity contribution >= 4 is 17.4 Å². The lowest BCUT2D eigenvalue weighted by Gasteiger charge is -2.33. The first kappa shape index (κ1) is 20.2. The quantitative estimate of drug-likeness (QED) is 0.413. The summed E-state index contributed by atoms with van der Waals surface area (Å²) in [5.74, 6) is 1.04. The van der Waals surface area contributed by atoms with Crippen LogP contribution in [0.3, 0.4) is 0 Å². The first-order valence-electron chi connectivity index (χ1n) is 10.1. The van der Waals surface area contributed by atoms with E-state index in [0.717, 1.165) is 36.9 Å². The number of rotatable bonds is 6. The average molecular weight is 411 g/mol. The van der Waals surface area contributed by atoms with E-state index in [2.05, 4.69) is 26.1 Å². The van der Waals surface area contributed by atoms with Gasteiger partial charge in [0.15, 0.2) is 5.82 Å². The Morgan fingerprint density at radius 3 is 2.70 bits per heavy atom. The van der Waals surface area contributed by atoms with E-state index in [1.165, 1.54) is 12.1 Å². The number of aromatic nitrogens is 2. The van der Waals surface area contributed by atoms with Crippen LogP contribution in [0.1, 0.15) is 31.9 Å². The maximum Gasteiger partial charge on any atom is 0.269 e. The molecule has 158 valence electrons. The number of nitrogens with zero attached hydrogens (tertiary/aromatic N) is 3.